The number of carbonyl (C=O) groups excluding carboxylic acids is 1. The molecule has 1 amide bonds. The van der Waals surface area contributed by atoms with E-state index < -0.39 is 30.7 Å². The number of pyridine rings is 2. The smallest absolute Gasteiger partial charge is 0.280 e. The SMILES string of the molecule is [2H]C([2H])([2H])Nc1cc(Nc2cc(Cl)cn(-c3ccccn3)c2=O)nn2c(C(=O)N[C@@H]3C[C@@H]3F)cnc12. The zero-order chi connectivity index (χ0) is 25.6. The Hall–Kier alpha value is -3.99. The normalized spacial score (nSPS) is 18.8. The molecule has 1 saturated carbocycles. The summed E-state index contributed by atoms with van der Waals surface area (Å²) in [6.07, 6.45) is 3.23. The van der Waals surface area contributed by atoms with Crippen molar-refractivity contribution in [2.45, 2.75) is 18.6 Å². The van der Waals surface area contributed by atoms with E-state index in [2.05, 4.69) is 31.0 Å². The van der Waals surface area contributed by atoms with E-state index in [4.69, 9.17) is 15.7 Å². The van der Waals surface area contributed by atoms with Crippen LogP contribution in [0, 0.1) is 0 Å². The fourth-order valence-electron chi connectivity index (χ4n) is 3.27. The second-order valence-corrected chi connectivity index (χ2v) is 7.78. The van der Waals surface area contributed by atoms with Crippen LogP contribution in [0.1, 0.15) is 21.0 Å². The van der Waals surface area contributed by atoms with Gasteiger partial charge in [0.15, 0.2) is 17.2 Å². The molecule has 2 atom stereocenters. The summed E-state index contributed by atoms with van der Waals surface area (Å²) in [5, 5.41) is 12.3. The second-order valence-electron chi connectivity index (χ2n) is 7.34. The van der Waals surface area contributed by atoms with Crippen LogP contribution in [0.25, 0.3) is 11.5 Å². The number of halogens is 2. The van der Waals surface area contributed by atoms with Gasteiger partial charge in [-0.1, -0.05) is 17.7 Å². The number of alkyl halides is 1. The highest BCUT2D eigenvalue weighted by Crippen LogP contribution is 2.26. The molecule has 4 heterocycles. The summed E-state index contributed by atoms with van der Waals surface area (Å²) < 4.78 is 38.4. The average molecular weight is 472 g/mol. The molecule has 0 spiro atoms. The molecule has 1 aliphatic carbocycles. The average Bonchev–Trinajstić information content (AvgIpc) is 3.32. The Kier molecular flexibility index (Phi) is 4.35. The number of nitrogens with one attached hydrogen (secondary N) is 3. The molecule has 5 rings (SSSR count). The van der Waals surface area contributed by atoms with Crippen molar-refractivity contribution in [2.24, 2.45) is 0 Å². The minimum absolute atomic E-state index is 0.0167. The van der Waals surface area contributed by atoms with Gasteiger partial charge in [-0.25, -0.2) is 18.9 Å². The Morgan fingerprint density at radius 1 is 1.30 bits per heavy atom. The molecular formula is C21H18ClFN8O2. The first-order valence-corrected chi connectivity index (χ1v) is 10.2. The van der Waals surface area contributed by atoms with Gasteiger partial charge >= 0.3 is 0 Å². The number of imidazole rings is 1. The van der Waals surface area contributed by atoms with Gasteiger partial charge in [0.25, 0.3) is 11.5 Å². The number of aromatic nitrogens is 5. The molecule has 0 aromatic carbocycles. The van der Waals surface area contributed by atoms with Crippen molar-refractivity contribution in [3.05, 3.63) is 70.0 Å². The molecule has 0 aliphatic heterocycles. The molecule has 1 fully saturated rings. The van der Waals surface area contributed by atoms with Crippen LogP contribution in [0.4, 0.5) is 21.6 Å². The van der Waals surface area contributed by atoms with Crippen LogP contribution in [0.5, 0.6) is 0 Å². The predicted octanol–water partition coefficient (Wildman–Crippen LogP) is 2.55. The summed E-state index contributed by atoms with van der Waals surface area (Å²) in [4.78, 5) is 34.1. The van der Waals surface area contributed by atoms with Crippen LogP contribution < -0.4 is 21.5 Å². The van der Waals surface area contributed by atoms with Crippen LogP contribution in [-0.2, 0) is 0 Å². The Labute approximate surface area is 195 Å². The van der Waals surface area contributed by atoms with E-state index in [0.29, 0.717) is 5.82 Å². The molecule has 12 heteroatoms. The quantitative estimate of drug-likeness (QED) is 0.395. The fraction of sp³-hybridized carbons (Fsp3) is 0.190. The van der Waals surface area contributed by atoms with E-state index in [1.807, 2.05) is 0 Å². The number of amides is 1. The highest BCUT2D eigenvalue weighted by molar-refractivity contribution is 6.30. The van der Waals surface area contributed by atoms with E-state index in [0.717, 1.165) is 4.52 Å². The minimum atomic E-state index is -2.59. The van der Waals surface area contributed by atoms with Crippen molar-refractivity contribution in [2.75, 3.05) is 17.6 Å². The molecule has 10 nitrogen and oxygen atoms in total. The molecule has 3 N–H and O–H groups in total. The van der Waals surface area contributed by atoms with E-state index in [-0.39, 0.29) is 40.0 Å². The van der Waals surface area contributed by atoms with Crippen LogP contribution in [-0.4, -0.2) is 49.2 Å². The number of rotatable bonds is 6. The van der Waals surface area contributed by atoms with E-state index in [1.54, 1.807) is 18.2 Å². The Bertz CT molecular complexity index is 1530. The Balaban J connectivity index is 1.58. The van der Waals surface area contributed by atoms with Crippen LogP contribution in [0.15, 0.2) is 53.7 Å². The first-order chi connectivity index (χ1) is 17.1. The van der Waals surface area contributed by atoms with Gasteiger partial charge in [0, 0.05) is 36.0 Å². The van der Waals surface area contributed by atoms with Crippen molar-refractivity contribution >= 4 is 40.3 Å². The van der Waals surface area contributed by atoms with Gasteiger partial charge in [0.05, 0.1) is 22.9 Å². The summed E-state index contributed by atoms with van der Waals surface area (Å²) >= 11 is 6.23. The van der Waals surface area contributed by atoms with Gasteiger partial charge in [-0.3, -0.25) is 14.2 Å². The molecule has 0 radical (unpaired) electrons. The third-order valence-corrected chi connectivity index (χ3v) is 5.21. The van der Waals surface area contributed by atoms with Crippen LogP contribution in [0.3, 0.4) is 0 Å². The molecule has 0 saturated heterocycles. The lowest BCUT2D eigenvalue weighted by Crippen LogP contribution is -2.28. The zero-order valence-corrected chi connectivity index (χ0v) is 17.5. The lowest BCUT2D eigenvalue weighted by atomic mass is 10.3. The largest absolute Gasteiger partial charge is 0.385 e. The van der Waals surface area contributed by atoms with Gasteiger partial charge in [-0.05, 0) is 18.2 Å². The topological polar surface area (TPSA) is 118 Å². The number of hydrogen-bond acceptors (Lipinski definition) is 7. The maximum Gasteiger partial charge on any atom is 0.280 e. The van der Waals surface area contributed by atoms with E-state index >= 15 is 0 Å². The lowest BCUT2D eigenvalue weighted by Gasteiger charge is -2.12. The fourth-order valence-corrected chi connectivity index (χ4v) is 3.48. The first-order valence-electron chi connectivity index (χ1n) is 11.3. The van der Waals surface area contributed by atoms with Crippen molar-refractivity contribution in [3.8, 4) is 5.82 Å². The molecule has 4 aromatic rings. The van der Waals surface area contributed by atoms with Crippen molar-refractivity contribution < 1.29 is 13.3 Å². The van der Waals surface area contributed by atoms with Gasteiger partial charge in [0.2, 0.25) is 0 Å². The van der Waals surface area contributed by atoms with Crippen molar-refractivity contribution in [1.82, 2.24) is 29.5 Å². The predicted molar refractivity (Wildman–Crippen MR) is 121 cm³/mol. The second kappa shape index (κ2) is 8.17. The molecular weight excluding hydrogens is 451 g/mol. The summed E-state index contributed by atoms with van der Waals surface area (Å²) in [6.45, 7) is -2.59. The van der Waals surface area contributed by atoms with Gasteiger partial charge in [-0.15, -0.1) is 5.10 Å². The number of carbonyl (C=O) groups is 1. The standard InChI is InChI=1S/C21H18ClFN8O2/c1-24-14-8-17(29-31-16(9-26-19(14)31)20(32)28-13-7-12(13)23)27-15-6-11(22)10-30(21(15)33)18-4-2-3-5-25-18/h2-6,8-10,12-13,24H,7H2,1H3,(H,27,29)(H,28,32)/t12-,13+/m0/s1/i1D3. The molecule has 4 aromatic heterocycles. The lowest BCUT2D eigenvalue weighted by molar-refractivity contribution is 0.0940. The Morgan fingerprint density at radius 3 is 2.88 bits per heavy atom. The zero-order valence-electron chi connectivity index (χ0n) is 19.8. The van der Waals surface area contributed by atoms with E-state index in [1.165, 1.54) is 35.3 Å². The third kappa shape index (κ3) is 3.98. The van der Waals surface area contributed by atoms with E-state index in [9.17, 15) is 14.0 Å². The molecule has 0 bridgehead atoms. The van der Waals surface area contributed by atoms with Gasteiger partial charge < -0.3 is 16.0 Å². The highest BCUT2D eigenvalue weighted by Gasteiger charge is 2.39. The molecule has 1 aliphatic rings. The third-order valence-electron chi connectivity index (χ3n) is 5.01. The maximum atomic E-state index is 13.3. The van der Waals surface area contributed by atoms with Crippen molar-refractivity contribution in [3.63, 3.8) is 0 Å². The van der Waals surface area contributed by atoms with Gasteiger partial charge in [0.1, 0.15) is 17.7 Å². The number of nitrogens with zero attached hydrogens (tertiary/aromatic N) is 5. The summed E-state index contributed by atoms with van der Waals surface area (Å²) in [5.41, 5.74) is -0.459. The van der Waals surface area contributed by atoms with Crippen LogP contribution in [0.2, 0.25) is 5.02 Å². The molecule has 33 heavy (non-hydrogen) atoms. The monoisotopic (exact) mass is 471 g/mol. The summed E-state index contributed by atoms with van der Waals surface area (Å²) in [5.74, 6) is -0.276. The number of fused-ring (bicyclic) bond motifs is 1. The van der Waals surface area contributed by atoms with Crippen molar-refractivity contribution in [1.29, 1.82) is 0 Å². The minimum Gasteiger partial charge on any atom is -0.385 e. The number of anilines is 3. The summed E-state index contributed by atoms with van der Waals surface area (Å²) in [7, 11) is 0. The van der Waals surface area contributed by atoms with Crippen LogP contribution >= 0.6 is 11.6 Å². The molecule has 0 unspecified atom stereocenters. The first kappa shape index (κ1) is 17.6. The maximum absolute atomic E-state index is 13.3. The number of hydrogen-bond donors (Lipinski definition) is 3. The van der Waals surface area contributed by atoms with Gasteiger partial charge in [-0.2, -0.15) is 0 Å². The summed E-state index contributed by atoms with van der Waals surface area (Å²) in [6, 6.07) is 7.15. The molecule has 168 valence electrons. The Morgan fingerprint density at radius 2 is 2.15 bits per heavy atom. The highest BCUT2D eigenvalue weighted by atomic mass is 35.5.